The topological polar surface area (TPSA) is 50.1 Å². The number of nitrogens with one attached hydrogen (secondary N) is 2. The van der Waals surface area contributed by atoms with Crippen molar-refractivity contribution in [3.05, 3.63) is 24.6 Å². The predicted octanol–water partition coefficient (Wildman–Crippen LogP) is 1.46. The molecule has 1 saturated heterocycles. The van der Waals surface area contributed by atoms with Crippen LogP contribution in [0, 0.1) is 11.8 Å². The molecule has 2 atom stereocenters. The van der Waals surface area contributed by atoms with Gasteiger partial charge in [-0.05, 0) is 24.0 Å². The maximum Gasteiger partial charge on any atom is 0.139 e. The Hall–Kier alpha value is -1.55. The van der Waals surface area contributed by atoms with Crippen molar-refractivity contribution in [1.29, 1.82) is 0 Å². The first-order valence-electron chi connectivity index (χ1n) is 5.73. The Morgan fingerprint density at radius 1 is 1.31 bits per heavy atom. The zero-order chi connectivity index (χ0) is 10.5. The Morgan fingerprint density at radius 3 is 3.06 bits per heavy atom. The lowest BCUT2D eigenvalue weighted by Gasteiger charge is -2.08. The second-order valence-corrected chi connectivity index (χ2v) is 4.65. The molecule has 0 spiro atoms. The SMILES string of the molecule is c1cc2occc2c(NC2C3CNCC32)n1. The monoisotopic (exact) mass is 215 g/mol. The Balaban J connectivity index is 1.65. The van der Waals surface area contributed by atoms with Crippen LogP contribution < -0.4 is 10.6 Å². The summed E-state index contributed by atoms with van der Waals surface area (Å²) in [6.45, 7) is 2.29. The summed E-state index contributed by atoms with van der Waals surface area (Å²) in [4.78, 5) is 4.40. The third-order valence-electron chi connectivity index (χ3n) is 3.77. The molecule has 82 valence electrons. The number of piperidine rings is 1. The smallest absolute Gasteiger partial charge is 0.139 e. The first-order chi connectivity index (χ1) is 7.93. The average Bonchev–Trinajstić information content (AvgIpc) is 2.80. The van der Waals surface area contributed by atoms with Crippen LogP contribution in [-0.4, -0.2) is 24.1 Å². The van der Waals surface area contributed by atoms with Crippen LogP contribution in [0.3, 0.4) is 0 Å². The van der Waals surface area contributed by atoms with Gasteiger partial charge < -0.3 is 15.1 Å². The average molecular weight is 215 g/mol. The summed E-state index contributed by atoms with van der Waals surface area (Å²) in [5.74, 6) is 2.55. The molecule has 1 aliphatic heterocycles. The highest BCUT2D eigenvalue weighted by Crippen LogP contribution is 2.44. The molecule has 0 amide bonds. The van der Waals surface area contributed by atoms with E-state index >= 15 is 0 Å². The quantitative estimate of drug-likeness (QED) is 0.796. The molecule has 0 aromatic carbocycles. The van der Waals surface area contributed by atoms with E-state index in [1.807, 2.05) is 12.1 Å². The van der Waals surface area contributed by atoms with Crippen LogP contribution in [0.1, 0.15) is 0 Å². The van der Waals surface area contributed by atoms with Gasteiger partial charge in [0.1, 0.15) is 11.4 Å². The summed E-state index contributed by atoms with van der Waals surface area (Å²) in [6.07, 6.45) is 3.51. The van der Waals surface area contributed by atoms with Gasteiger partial charge in [0.25, 0.3) is 0 Å². The number of hydrogen-bond donors (Lipinski definition) is 2. The first-order valence-corrected chi connectivity index (χ1v) is 5.73. The minimum Gasteiger partial charge on any atom is -0.464 e. The molecule has 2 unspecified atom stereocenters. The summed E-state index contributed by atoms with van der Waals surface area (Å²) >= 11 is 0. The van der Waals surface area contributed by atoms with Crippen LogP contribution in [0.5, 0.6) is 0 Å². The second kappa shape index (κ2) is 2.98. The summed E-state index contributed by atoms with van der Waals surface area (Å²) in [7, 11) is 0. The fourth-order valence-corrected chi connectivity index (χ4v) is 2.80. The predicted molar refractivity (Wildman–Crippen MR) is 61.3 cm³/mol. The molecule has 2 aromatic rings. The van der Waals surface area contributed by atoms with Crippen LogP contribution in [0.25, 0.3) is 11.0 Å². The van der Waals surface area contributed by atoms with E-state index in [-0.39, 0.29) is 0 Å². The number of fused-ring (bicyclic) bond motifs is 2. The zero-order valence-corrected chi connectivity index (χ0v) is 8.81. The minimum absolute atomic E-state index is 0.606. The van der Waals surface area contributed by atoms with Crippen molar-refractivity contribution in [3.63, 3.8) is 0 Å². The molecule has 1 aliphatic carbocycles. The number of anilines is 1. The van der Waals surface area contributed by atoms with Gasteiger partial charge in [0.15, 0.2) is 0 Å². The van der Waals surface area contributed by atoms with E-state index in [9.17, 15) is 0 Å². The maximum absolute atomic E-state index is 5.36. The van der Waals surface area contributed by atoms with Crippen LogP contribution in [-0.2, 0) is 0 Å². The van der Waals surface area contributed by atoms with Crippen molar-refractivity contribution in [2.24, 2.45) is 11.8 Å². The Labute approximate surface area is 93.0 Å². The molecule has 4 rings (SSSR count). The van der Waals surface area contributed by atoms with Gasteiger partial charge in [-0.1, -0.05) is 0 Å². The lowest BCUT2D eigenvalue weighted by Crippen LogP contribution is -2.21. The Bertz CT molecular complexity index is 526. The van der Waals surface area contributed by atoms with E-state index in [0.717, 1.165) is 41.7 Å². The standard InChI is InChI=1S/C12H13N3O/c1-3-14-12(7-2-4-16-10(1)7)15-11-8-5-13-6-9(8)11/h1-4,8-9,11,13H,5-6H2,(H,14,15). The minimum atomic E-state index is 0.606. The van der Waals surface area contributed by atoms with E-state index in [1.54, 1.807) is 12.5 Å². The van der Waals surface area contributed by atoms with E-state index in [0.29, 0.717) is 6.04 Å². The van der Waals surface area contributed by atoms with E-state index in [2.05, 4.69) is 15.6 Å². The highest BCUT2D eigenvalue weighted by atomic mass is 16.3. The molecule has 2 aromatic heterocycles. The van der Waals surface area contributed by atoms with Gasteiger partial charge in [-0.3, -0.25) is 0 Å². The van der Waals surface area contributed by atoms with Gasteiger partial charge in [0, 0.05) is 25.3 Å². The number of aromatic nitrogens is 1. The van der Waals surface area contributed by atoms with Gasteiger partial charge in [-0.25, -0.2) is 4.98 Å². The molecule has 4 nitrogen and oxygen atoms in total. The molecule has 1 saturated carbocycles. The van der Waals surface area contributed by atoms with E-state index < -0.39 is 0 Å². The molecule has 2 aliphatic rings. The summed E-state index contributed by atoms with van der Waals surface area (Å²) in [6, 6.07) is 4.48. The highest BCUT2D eigenvalue weighted by Gasteiger charge is 2.53. The van der Waals surface area contributed by atoms with Crippen molar-refractivity contribution in [1.82, 2.24) is 10.3 Å². The van der Waals surface area contributed by atoms with Gasteiger partial charge in [0.05, 0.1) is 11.6 Å². The van der Waals surface area contributed by atoms with Crippen molar-refractivity contribution in [2.45, 2.75) is 6.04 Å². The van der Waals surface area contributed by atoms with Crippen molar-refractivity contribution in [2.75, 3.05) is 18.4 Å². The maximum atomic E-state index is 5.36. The van der Waals surface area contributed by atoms with E-state index in [4.69, 9.17) is 4.42 Å². The number of hydrogen-bond acceptors (Lipinski definition) is 4. The third-order valence-corrected chi connectivity index (χ3v) is 3.77. The third kappa shape index (κ3) is 1.10. The van der Waals surface area contributed by atoms with Crippen molar-refractivity contribution < 1.29 is 4.42 Å². The molecule has 3 heterocycles. The zero-order valence-electron chi connectivity index (χ0n) is 8.81. The van der Waals surface area contributed by atoms with Crippen LogP contribution in [0.4, 0.5) is 5.82 Å². The number of nitrogens with zero attached hydrogens (tertiary/aromatic N) is 1. The van der Waals surface area contributed by atoms with Gasteiger partial charge >= 0.3 is 0 Å². The molecule has 2 N–H and O–H groups in total. The Morgan fingerprint density at radius 2 is 2.19 bits per heavy atom. The van der Waals surface area contributed by atoms with Crippen LogP contribution in [0.2, 0.25) is 0 Å². The normalized spacial score (nSPS) is 31.6. The second-order valence-electron chi connectivity index (χ2n) is 4.65. The lowest BCUT2D eigenvalue weighted by atomic mass is 10.3. The molecule has 0 bridgehead atoms. The van der Waals surface area contributed by atoms with Crippen molar-refractivity contribution >= 4 is 16.8 Å². The van der Waals surface area contributed by atoms with Gasteiger partial charge in [-0.15, -0.1) is 0 Å². The number of furan rings is 1. The highest BCUT2D eigenvalue weighted by molar-refractivity contribution is 5.88. The molecular weight excluding hydrogens is 202 g/mol. The Kier molecular flexibility index (Phi) is 1.60. The fourth-order valence-electron chi connectivity index (χ4n) is 2.80. The summed E-state index contributed by atoms with van der Waals surface area (Å²) < 4.78 is 5.36. The molecular formula is C12H13N3O. The molecule has 4 heteroatoms. The molecule has 0 radical (unpaired) electrons. The largest absolute Gasteiger partial charge is 0.464 e. The first kappa shape index (κ1) is 8.58. The van der Waals surface area contributed by atoms with E-state index in [1.165, 1.54) is 0 Å². The van der Waals surface area contributed by atoms with Crippen LogP contribution >= 0.6 is 0 Å². The fraction of sp³-hybridized carbons (Fsp3) is 0.417. The van der Waals surface area contributed by atoms with Gasteiger partial charge in [0.2, 0.25) is 0 Å². The summed E-state index contributed by atoms with van der Waals surface area (Å²) in [5.41, 5.74) is 0.904. The number of pyridine rings is 1. The lowest BCUT2D eigenvalue weighted by molar-refractivity contribution is 0.615. The number of rotatable bonds is 2. The summed E-state index contributed by atoms with van der Waals surface area (Å²) in [5, 5.41) is 8.01. The molecule has 2 fully saturated rings. The molecule has 16 heavy (non-hydrogen) atoms. The van der Waals surface area contributed by atoms with Crippen LogP contribution in [0.15, 0.2) is 29.0 Å². The van der Waals surface area contributed by atoms with Gasteiger partial charge in [-0.2, -0.15) is 0 Å². The van der Waals surface area contributed by atoms with Crippen molar-refractivity contribution in [3.8, 4) is 0 Å².